The molecule has 0 spiro atoms. The van der Waals surface area contributed by atoms with Crippen LogP contribution >= 0.6 is 0 Å². The second kappa shape index (κ2) is 13.6. The van der Waals surface area contributed by atoms with Crippen molar-refractivity contribution in [2.45, 2.75) is 110 Å². The van der Waals surface area contributed by atoms with Gasteiger partial charge in [-0.15, -0.1) is 0 Å². The Balaban J connectivity index is 1.76. The molecule has 0 N–H and O–H groups in total. The molecule has 1 heterocycles. The quantitative estimate of drug-likeness (QED) is 0.262. The van der Waals surface area contributed by atoms with Crippen molar-refractivity contribution in [2.75, 3.05) is 13.2 Å². The van der Waals surface area contributed by atoms with Crippen LogP contribution in [0.15, 0.2) is 0 Å². The highest BCUT2D eigenvalue weighted by Gasteiger charge is 2.23. The van der Waals surface area contributed by atoms with Gasteiger partial charge in [0, 0.05) is 0 Å². The highest BCUT2D eigenvalue weighted by molar-refractivity contribution is 4.69. The third-order valence-electron chi connectivity index (χ3n) is 4.51. The zero-order chi connectivity index (χ0) is 15.2. The van der Waals surface area contributed by atoms with Crippen molar-refractivity contribution < 1.29 is 9.47 Å². The molecular weight excluding hydrogens is 260 g/mol. The molecule has 1 fully saturated rings. The van der Waals surface area contributed by atoms with E-state index in [9.17, 15) is 0 Å². The lowest BCUT2D eigenvalue weighted by molar-refractivity contribution is 0.0334. The summed E-state index contributed by atoms with van der Waals surface area (Å²) in [6, 6.07) is 0. The molecule has 1 rings (SSSR count). The van der Waals surface area contributed by atoms with Crippen molar-refractivity contribution in [3.05, 3.63) is 0 Å². The van der Waals surface area contributed by atoms with E-state index in [1.807, 2.05) is 0 Å². The number of ether oxygens (including phenoxy) is 2. The molecule has 2 atom stereocenters. The maximum atomic E-state index is 5.88. The van der Waals surface area contributed by atoms with Crippen molar-refractivity contribution in [2.24, 2.45) is 0 Å². The van der Waals surface area contributed by atoms with Gasteiger partial charge in [0.05, 0.1) is 19.3 Å². The molecule has 0 saturated carbocycles. The molecular formula is C19H38O2. The predicted molar refractivity (Wildman–Crippen MR) is 90.8 cm³/mol. The zero-order valence-corrected chi connectivity index (χ0v) is 14.6. The minimum absolute atomic E-state index is 0.413. The summed E-state index contributed by atoms with van der Waals surface area (Å²) in [5.41, 5.74) is 0. The summed E-state index contributed by atoms with van der Waals surface area (Å²) in [6.07, 6.45) is 18.8. The smallest absolute Gasteiger partial charge is 0.104 e. The molecule has 1 saturated heterocycles. The molecule has 0 bridgehead atoms. The Morgan fingerprint density at radius 1 is 0.857 bits per heavy atom. The van der Waals surface area contributed by atoms with Gasteiger partial charge in [-0.3, -0.25) is 0 Å². The van der Waals surface area contributed by atoms with Crippen molar-refractivity contribution >= 4 is 0 Å². The number of epoxide rings is 1. The van der Waals surface area contributed by atoms with Crippen LogP contribution < -0.4 is 0 Å². The molecule has 1 aliphatic rings. The topological polar surface area (TPSA) is 21.8 Å². The molecule has 0 radical (unpaired) electrons. The molecule has 2 unspecified atom stereocenters. The largest absolute Gasteiger partial charge is 0.375 e. The minimum atomic E-state index is 0.413. The van der Waals surface area contributed by atoms with Crippen molar-refractivity contribution in [1.29, 1.82) is 0 Å². The van der Waals surface area contributed by atoms with Gasteiger partial charge in [-0.2, -0.15) is 0 Å². The van der Waals surface area contributed by atoms with E-state index in [1.165, 1.54) is 77.0 Å². The maximum Gasteiger partial charge on any atom is 0.104 e. The molecule has 1 aliphatic heterocycles. The van der Waals surface area contributed by atoms with Gasteiger partial charge in [-0.05, 0) is 12.8 Å². The van der Waals surface area contributed by atoms with Crippen LogP contribution in [0.3, 0.4) is 0 Å². The van der Waals surface area contributed by atoms with Gasteiger partial charge >= 0.3 is 0 Å². The van der Waals surface area contributed by atoms with E-state index in [2.05, 4.69) is 13.8 Å². The van der Waals surface area contributed by atoms with E-state index in [-0.39, 0.29) is 0 Å². The lowest BCUT2D eigenvalue weighted by atomic mass is 10.0. The zero-order valence-electron chi connectivity index (χ0n) is 14.6. The number of rotatable bonds is 16. The molecule has 0 aromatic heterocycles. The predicted octanol–water partition coefficient (Wildman–Crippen LogP) is 5.88. The Morgan fingerprint density at radius 2 is 1.38 bits per heavy atom. The van der Waals surface area contributed by atoms with E-state index < -0.39 is 0 Å². The van der Waals surface area contributed by atoms with Gasteiger partial charge in [0.1, 0.15) is 6.10 Å². The highest BCUT2D eigenvalue weighted by atomic mass is 16.6. The van der Waals surface area contributed by atoms with E-state index in [0.717, 1.165) is 19.6 Å². The van der Waals surface area contributed by atoms with Crippen LogP contribution in [0, 0.1) is 0 Å². The van der Waals surface area contributed by atoms with Crippen molar-refractivity contribution in [3.8, 4) is 0 Å². The normalized spacial score (nSPS) is 18.9. The summed E-state index contributed by atoms with van der Waals surface area (Å²) < 4.78 is 11.1. The first kappa shape index (κ1) is 19.0. The Hall–Kier alpha value is -0.0800. The Kier molecular flexibility index (Phi) is 12.3. The molecule has 21 heavy (non-hydrogen) atoms. The van der Waals surface area contributed by atoms with Crippen LogP contribution in [0.2, 0.25) is 0 Å². The number of hydrogen-bond acceptors (Lipinski definition) is 2. The molecule has 2 heteroatoms. The number of hydrogen-bond donors (Lipinski definition) is 0. The average Bonchev–Trinajstić information content (AvgIpc) is 3.32. The van der Waals surface area contributed by atoms with Gasteiger partial charge < -0.3 is 9.47 Å². The van der Waals surface area contributed by atoms with Gasteiger partial charge in [0.2, 0.25) is 0 Å². The summed E-state index contributed by atoms with van der Waals surface area (Å²) in [4.78, 5) is 0. The maximum absolute atomic E-state index is 5.88. The minimum Gasteiger partial charge on any atom is -0.375 e. The van der Waals surface area contributed by atoms with Gasteiger partial charge in [0.25, 0.3) is 0 Å². The Morgan fingerprint density at radius 3 is 1.86 bits per heavy atom. The van der Waals surface area contributed by atoms with Crippen LogP contribution in [0.4, 0.5) is 0 Å². The first-order valence-electron chi connectivity index (χ1n) is 9.60. The lowest BCUT2D eigenvalue weighted by Crippen LogP contribution is -2.15. The van der Waals surface area contributed by atoms with Gasteiger partial charge in [-0.1, -0.05) is 84.5 Å². The summed E-state index contributed by atoms with van der Waals surface area (Å²) in [6.45, 7) is 6.25. The van der Waals surface area contributed by atoms with Crippen LogP contribution in [0.25, 0.3) is 0 Å². The molecule has 2 nitrogen and oxygen atoms in total. The van der Waals surface area contributed by atoms with E-state index in [4.69, 9.17) is 9.47 Å². The summed E-state index contributed by atoms with van der Waals surface area (Å²) in [5.74, 6) is 0. The van der Waals surface area contributed by atoms with Crippen molar-refractivity contribution in [3.63, 3.8) is 0 Å². The molecule has 0 aliphatic carbocycles. The van der Waals surface area contributed by atoms with Crippen LogP contribution in [0.1, 0.15) is 97.3 Å². The highest BCUT2D eigenvalue weighted by Crippen LogP contribution is 2.16. The summed E-state index contributed by atoms with van der Waals surface area (Å²) >= 11 is 0. The fourth-order valence-electron chi connectivity index (χ4n) is 2.85. The molecule has 0 amide bonds. The SMILES string of the molecule is CCCCCCCCCCCCCC(CC)OCC1CO1. The van der Waals surface area contributed by atoms with Crippen molar-refractivity contribution in [1.82, 2.24) is 0 Å². The second-order valence-corrected chi connectivity index (χ2v) is 6.64. The molecule has 0 aromatic rings. The third kappa shape index (κ3) is 12.2. The summed E-state index contributed by atoms with van der Waals surface area (Å²) in [5, 5.41) is 0. The first-order valence-corrected chi connectivity index (χ1v) is 9.60. The molecule has 0 aromatic carbocycles. The van der Waals surface area contributed by atoms with Crippen LogP contribution in [0.5, 0.6) is 0 Å². The third-order valence-corrected chi connectivity index (χ3v) is 4.51. The number of unbranched alkanes of at least 4 members (excludes halogenated alkanes) is 10. The molecule has 126 valence electrons. The van der Waals surface area contributed by atoms with E-state index >= 15 is 0 Å². The van der Waals surface area contributed by atoms with Crippen LogP contribution in [-0.4, -0.2) is 25.4 Å². The monoisotopic (exact) mass is 298 g/mol. The van der Waals surface area contributed by atoms with E-state index in [0.29, 0.717) is 12.2 Å². The van der Waals surface area contributed by atoms with Crippen LogP contribution in [-0.2, 0) is 9.47 Å². The standard InChI is InChI=1S/C19H38O2/c1-3-5-6-7-8-9-10-11-12-13-14-15-18(4-2)20-16-19-17-21-19/h18-19H,3-17H2,1-2H3. The first-order chi connectivity index (χ1) is 10.4. The van der Waals surface area contributed by atoms with E-state index in [1.54, 1.807) is 0 Å². The lowest BCUT2D eigenvalue weighted by Gasteiger charge is -2.15. The second-order valence-electron chi connectivity index (χ2n) is 6.64. The fraction of sp³-hybridized carbons (Fsp3) is 1.00. The fourth-order valence-corrected chi connectivity index (χ4v) is 2.85. The Bertz CT molecular complexity index is 214. The Labute approximate surface area is 133 Å². The van der Waals surface area contributed by atoms with Gasteiger partial charge in [0.15, 0.2) is 0 Å². The average molecular weight is 299 g/mol. The van der Waals surface area contributed by atoms with Gasteiger partial charge in [-0.25, -0.2) is 0 Å². The summed E-state index contributed by atoms with van der Waals surface area (Å²) in [7, 11) is 0.